The molecule has 1 heterocycles. The van der Waals surface area contributed by atoms with Gasteiger partial charge in [0, 0.05) is 13.1 Å². The third-order valence-electron chi connectivity index (χ3n) is 3.60. The molecule has 0 aliphatic rings. The Hall–Kier alpha value is -2.41. The first-order valence-corrected chi connectivity index (χ1v) is 7.16. The van der Waals surface area contributed by atoms with Crippen LogP contribution in [0.5, 0.6) is 0 Å². The van der Waals surface area contributed by atoms with Crippen LogP contribution in [-0.4, -0.2) is 4.98 Å². The SMILES string of the molecule is [2H]C(C)(C)c1ccnc(-c2cccc(-c3ccccc3)c2)c1. The molecule has 21 heavy (non-hydrogen) atoms. The summed E-state index contributed by atoms with van der Waals surface area (Å²) in [6.45, 7) is 3.79. The number of benzene rings is 2. The minimum absolute atomic E-state index is 0.616. The van der Waals surface area contributed by atoms with Gasteiger partial charge in [-0.25, -0.2) is 0 Å². The molecule has 0 aliphatic carbocycles. The van der Waals surface area contributed by atoms with Gasteiger partial charge in [-0.05, 0) is 40.8 Å². The molecule has 0 amide bonds. The van der Waals surface area contributed by atoms with E-state index in [1.807, 2.05) is 44.2 Å². The van der Waals surface area contributed by atoms with Gasteiger partial charge in [0.05, 0.1) is 5.69 Å². The van der Waals surface area contributed by atoms with E-state index in [9.17, 15) is 0 Å². The third-order valence-corrected chi connectivity index (χ3v) is 3.60. The van der Waals surface area contributed by atoms with E-state index in [2.05, 4.69) is 41.4 Å². The van der Waals surface area contributed by atoms with E-state index in [0.717, 1.165) is 16.8 Å². The Balaban J connectivity index is 2.03. The Labute approximate surface area is 127 Å². The van der Waals surface area contributed by atoms with Gasteiger partial charge in [0.2, 0.25) is 0 Å². The molecule has 3 aromatic rings. The number of hydrogen-bond acceptors (Lipinski definition) is 1. The molecule has 104 valence electrons. The van der Waals surface area contributed by atoms with E-state index in [4.69, 9.17) is 1.37 Å². The molecule has 1 aromatic heterocycles. The number of rotatable bonds is 3. The number of aromatic nitrogens is 1. The summed E-state index contributed by atoms with van der Waals surface area (Å²) in [7, 11) is 0. The predicted octanol–water partition coefficient (Wildman–Crippen LogP) is 5.54. The van der Waals surface area contributed by atoms with Crippen LogP contribution in [0.2, 0.25) is 0 Å². The summed E-state index contributed by atoms with van der Waals surface area (Å²) in [5.74, 6) is -0.616. The molecule has 1 heteroatoms. The molecule has 0 saturated carbocycles. The fraction of sp³-hybridized carbons (Fsp3) is 0.150. The van der Waals surface area contributed by atoms with Crippen LogP contribution in [0.3, 0.4) is 0 Å². The van der Waals surface area contributed by atoms with E-state index in [-0.39, 0.29) is 0 Å². The molecule has 0 fully saturated rings. The summed E-state index contributed by atoms with van der Waals surface area (Å²) in [4.78, 5) is 4.47. The number of pyridine rings is 1. The molecule has 0 spiro atoms. The fourth-order valence-electron chi connectivity index (χ4n) is 2.39. The normalized spacial score (nSPS) is 12.0. The molecule has 0 saturated heterocycles. The third kappa shape index (κ3) is 3.03. The van der Waals surface area contributed by atoms with Crippen molar-refractivity contribution >= 4 is 0 Å². The van der Waals surface area contributed by atoms with E-state index in [1.165, 1.54) is 11.1 Å². The van der Waals surface area contributed by atoms with Gasteiger partial charge in [0.1, 0.15) is 0 Å². The Morgan fingerprint density at radius 3 is 2.29 bits per heavy atom. The molecule has 0 unspecified atom stereocenters. The second kappa shape index (κ2) is 5.92. The minimum Gasteiger partial charge on any atom is -0.256 e. The maximum Gasteiger partial charge on any atom is 0.0705 e. The van der Waals surface area contributed by atoms with Crippen LogP contribution in [-0.2, 0) is 0 Å². The zero-order valence-electron chi connectivity index (χ0n) is 13.4. The Morgan fingerprint density at radius 1 is 0.810 bits per heavy atom. The van der Waals surface area contributed by atoms with Gasteiger partial charge < -0.3 is 0 Å². The van der Waals surface area contributed by atoms with Crippen LogP contribution in [0, 0.1) is 0 Å². The topological polar surface area (TPSA) is 12.9 Å². The molecular weight excluding hydrogens is 254 g/mol. The van der Waals surface area contributed by atoms with Crippen LogP contribution in [0.1, 0.15) is 26.7 Å². The average molecular weight is 274 g/mol. The molecule has 0 N–H and O–H groups in total. The van der Waals surface area contributed by atoms with E-state index < -0.39 is 5.89 Å². The van der Waals surface area contributed by atoms with Gasteiger partial charge in [0.15, 0.2) is 0 Å². The van der Waals surface area contributed by atoms with Gasteiger partial charge in [-0.15, -0.1) is 0 Å². The molecule has 1 nitrogen and oxygen atoms in total. The second-order valence-electron chi connectivity index (χ2n) is 5.38. The molecule has 0 bridgehead atoms. The van der Waals surface area contributed by atoms with Crippen molar-refractivity contribution in [3.63, 3.8) is 0 Å². The van der Waals surface area contributed by atoms with Gasteiger partial charge in [-0.2, -0.15) is 0 Å². The second-order valence-corrected chi connectivity index (χ2v) is 5.38. The molecule has 0 radical (unpaired) electrons. The van der Waals surface area contributed by atoms with Crippen molar-refractivity contribution in [2.75, 3.05) is 0 Å². The van der Waals surface area contributed by atoms with Crippen LogP contribution < -0.4 is 0 Å². The van der Waals surface area contributed by atoms with Crippen molar-refractivity contribution in [1.82, 2.24) is 4.98 Å². The van der Waals surface area contributed by atoms with Crippen molar-refractivity contribution in [3.8, 4) is 22.4 Å². The van der Waals surface area contributed by atoms with E-state index >= 15 is 0 Å². The Morgan fingerprint density at radius 2 is 1.52 bits per heavy atom. The lowest BCUT2D eigenvalue weighted by Crippen LogP contribution is -1.91. The Bertz CT molecular complexity index is 773. The summed E-state index contributed by atoms with van der Waals surface area (Å²) in [6, 6.07) is 22.6. The van der Waals surface area contributed by atoms with Crippen LogP contribution in [0.15, 0.2) is 72.9 Å². The van der Waals surface area contributed by atoms with Crippen molar-refractivity contribution in [1.29, 1.82) is 0 Å². The first-order chi connectivity index (χ1) is 10.5. The number of hydrogen-bond donors (Lipinski definition) is 0. The van der Waals surface area contributed by atoms with Crippen LogP contribution >= 0.6 is 0 Å². The lowest BCUT2D eigenvalue weighted by molar-refractivity contribution is 0.864. The van der Waals surface area contributed by atoms with Crippen LogP contribution in [0.25, 0.3) is 22.4 Å². The highest BCUT2D eigenvalue weighted by atomic mass is 14.7. The fourth-order valence-corrected chi connectivity index (χ4v) is 2.39. The smallest absolute Gasteiger partial charge is 0.0705 e. The predicted molar refractivity (Wildman–Crippen MR) is 89.2 cm³/mol. The highest BCUT2D eigenvalue weighted by Gasteiger charge is 2.05. The average Bonchev–Trinajstić information content (AvgIpc) is 2.55. The molecule has 2 aromatic carbocycles. The molecule has 3 rings (SSSR count). The minimum atomic E-state index is -0.616. The van der Waals surface area contributed by atoms with Gasteiger partial charge in [0.25, 0.3) is 0 Å². The van der Waals surface area contributed by atoms with Crippen molar-refractivity contribution in [3.05, 3.63) is 78.5 Å². The highest BCUT2D eigenvalue weighted by Crippen LogP contribution is 2.26. The maximum atomic E-state index is 8.18. The summed E-state index contributed by atoms with van der Waals surface area (Å²) in [6.07, 6.45) is 1.79. The van der Waals surface area contributed by atoms with E-state index in [0.29, 0.717) is 0 Å². The van der Waals surface area contributed by atoms with Crippen molar-refractivity contribution in [2.45, 2.75) is 19.7 Å². The first-order valence-electron chi connectivity index (χ1n) is 7.66. The number of nitrogens with zero attached hydrogens (tertiary/aromatic N) is 1. The Kier molecular flexibility index (Phi) is 3.48. The summed E-state index contributed by atoms with van der Waals surface area (Å²) < 4.78 is 8.18. The molecule has 0 aliphatic heterocycles. The zero-order chi connectivity index (χ0) is 15.6. The van der Waals surface area contributed by atoms with Gasteiger partial charge in [-0.1, -0.05) is 62.4 Å². The van der Waals surface area contributed by atoms with Crippen molar-refractivity contribution < 1.29 is 1.37 Å². The first kappa shape index (κ1) is 12.3. The zero-order valence-corrected chi connectivity index (χ0v) is 12.4. The standard InChI is InChI=1S/C20H19N/c1-15(2)17-11-12-21-20(14-17)19-10-6-9-18(13-19)16-7-4-3-5-8-16/h3-15H,1-2H3/i15D. The summed E-state index contributed by atoms with van der Waals surface area (Å²) in [5.41, 5.74) is 5.34. The summed E-state index contributed by atoms with van der Waals surface area (Å²) >= 11 is 0. The van der Waals surface area contributed by atoms with Crippen molar-refractivity contribution in [2.24, 2.45) is 0 Å². The van der Waals surface area contributed by atoms with Crippen LogP contribution in [0.4, 0.5) is 0 Å². The highest BCUT2D eigenvalue weighted by molar-refractivity contribution is 5.71. The lowest BCUT2D eigenvalue weighted by atomic mass is 9.99. The van der Waals surface area contributed by atoms with Gasteiger partial charge >= 0.3 is 0 Å². The molecular formula is C20H19N. The maximum absolute atomic E-state index is 8.18. The van der Waals surface area contributed by atoms with Gasteiger partial charge in [-0.3, -0.25) is 4.98 Å². The molecule has 0 atom stereocenters. The van der Waals surface area contributed by atoms with E-state index in [1.54, 1.807) is 6.20 Å². The lowest BCUT2D eigenvalue weighted by Gasteiger charge is -2.09. The monoisotopic (exact) mass is 274 g/mol. The summed E-state index contributed by atoms with van der Waals surface area (Å²) in [5, 5.41) is 0. The largest absolute Gasteiger partial charge is 0.256 e. The quantitative estimate of drug-likeness (QED) is 0.611.